The van der Waals surface area contributed by atoms with E-state index >= 15 is 0 Å². The summed E-state index contributed by atoms with van der Waals surface area (Å²) in [7, 11) is 0. The highest BCUT2D eigenvalue weighted by atomic mass is 16.5. The summed E-state index contributed by atoms with van der Waals surface area (Å²) in [6, 6.07) is 9.52. The van der Waals surface area contributed by atoms with E-state index in [0.29, 0.717) is 23.8 Å². The predicted octanol–water partition coefficient (Wildman–Crippen LogP) is 3.33. The lowest BCUT2D eigenvalue weighted by molar-refractivity contribution is 0.0944. The second-order valence-corrected chi connectivity index (χ2v) is 8.49. The zero-order chi connectivity index (χ0) is 21.1. The van der Waals surface area contributed by atoms with E-state index in [9.17, 15) is 10.1 Å². The molecule has 1 aromatic rings. The lowest BCUT2D eigenvalue weighted by Gasteiger charge is -2.22. The molecule has 1 aromatic carbocycles. The number of carbonyl (C=O) groups is 1. The number of hydrogen-bond acceptors (Lipinski definition) is 5. The second-order valence-electron chi connectivity index (χ2n) is 8.49. The van der Waals surface area contributed by atoms with Crippen LogP contribution in [-0.4, -0.2) is 37.5 Å². The van der Waals surface area contributed by atoms with Crippen molar-refractivity contribution in [2.24, 2.45) is 16.8 Å². The maximum absolute atomic E-state index is 12.5. The van der Waals surface area contributed by atoms with Crippen molar-refractivity contribution in [3.63, 3.8) is 0 Å². The van der Waals surface area contributed by atoms with Crippen LogP contribution in [0.2, 0.25) is 0 Å². The highest BCUT2D eigenvalue weighted by molar-refractivity contribution is 5.99. The molecule has 0 saturated carbocycles. The van der Waals surface area contributed by atoms with Gasteiger partial charge >= 0.3 is 0 Å². The molecule has 6 nitrogen and oxygen atoms in total. The monoisotopic (exact) mass is 404 g/mol. The van der Waals surface area contributed by atoms with Crippen LogP contribution in [0.25, 0.3) is 0 Å². The number of aliphatic imine (C=N–C) groups is 1. The van der Waals surface area contributed by atoms with Crippen LogP contribution in [-0.2, 0) is 4.74 Å². The van der Waals surface area contributed by atoms with Gasteiger partial charge in [0.1, 0.15) is 11.8 Å². The minimum absolute atomic E-state index is 0.0457. The summed E-state index contributed by atoms with van der Waals surface area (Å²) in [5.74, 6) is 2.17. The average molecular weight is 405 g/mol. The summed E-state index contributed by atoms with van der Waals surface area (Å²) in [5.41, 5.74) is 3.25. The Morgan fingerprint density at radius 2 is 2.03 bits per heavy atom. The number of hydrogen-bond donors (Lipinski definition) is 2. The van der Waals surface area contributed by atoms with Gasteiger partial charge in [-0.3, -0.25) is 4.79 Å². The van der Waals surface area contributed by atoms with Crippen LogP contribution < -0.4 is 10.6 Å². The average Bonchev–Trinajstić information content (AvgIpc) is 3.21. The number of fused-ring (bicyclic) bond motifs is 1. The van der Waals surface area contributed by atoms with Gasteiger partial charge in [0.05, 0.1) is 6.07 Å². The smallest absolute Gasteiger partial charge is 0.251 e. The zero-order valence-electron chi connectivity index (χ0n) is 17.6. The molecule has 1 amide bonds. The van der Waals surface area contributed by atoms with Gasteiger partial charge in [0.2, 0.25) is 5.90 Å². The van der Waals surface area contributed by atoms with Crippen LogP contribution in [0.4, 0.5) is 0 Å². The Kier molecular flexibility index (Phi) is 6.01. The standard InChI is InChI=1S/C24H28N4O2/c1-15(2)20-11-17(13-25)12-21-22(20)30-24(28-21)19-5-3-18(4-6-19)23(29)27-14-16-7-9-26-10-8-16/h3-6,11,15-16,21,26H,7-10,12,14H2,1-2H3,(H,27,29). The van der Waals surface area contributed by atoms with Crippen LogP contribution in [0.5, 0.6) is 0 Å². The molecule has 2 N–H and O–H groups in total. The topological polar surface area (TPSA) is 86.5 Å². The zero-order valence-corrected chi connectivity index (χ0v) is 17.6. The minimum atomic E-state index is -0.134. The minimum Gasteiger partial charge on any atom is -0.441 e. The summed E-state index contributed by atoms with van der Waals surface area (Å²) < 4.78 is 6.11. The van der Waals surface area contributed by atoms with Crippen molar-refractivity contribution in [1.82, 2.24) is 10.6 Å². The third kappa shape index (κ3) is 4.31. The number of rotatable bonds is 5. The SMILES string of the molecule is CC(C)C1=C2OC(c3ccc(C(=O)NCC4CCNCC4)cc3)=NC2CC(C#N)=C1. The van der Waals surface area contributed by atoms with Crippen molar-refractivity contribution in [3.8, 4) is 6.07 Å². The first-order valence-electron chi connectivity index (χ1n) is 10.7. The van der Waals surface area contributed by atoms with Gasteiger partial charge < -0.3 is 15.4 Å². The maximum atomic E-state index is 12.5. The van der Waals surface area contributed by atoms with E-state index in [1.165, 1.54) is 0 Å². The van der Waals surface area contributed by atoms with Gasteiger partial charge in [0.25, 0.3) is 5.91 Å². The molecular weight excluding hydrogens is 376 g/mol. The van der Waals surface area contributed by atoms with Crippen LogP contribution in [0.3, 0.4) is 0 Å². The Morgan fingerprint density at radius 3 is 2.70 bits per heavy atom. The second kappa shape index (κ2) is 8.85. The van der Waals surface area contributed by atoms with Gasteiger partial charge in [-0.05, 0) is 73.7 Å². The van der Waals surface area contributed by atoms with Crippen molar-refractivity contribution in [2.45, 2.75) is 39.2 Å². The van der Waals surface area contributed by atoms with E-state index in [4.69, 9.17) is 9.73 Å². The highest BCUT2D eigenvalue weighted by Gasteiger charge is 2.33. The molecule has 4 rings (SSSR count). The van der Waals surface area contributed by atoms with Crippen molar-refractivity contribution < 1.29 is 9.53 Å². The third-order valence-electron chi connectivity index (χ3n) is 5.98. The van der Waals surface area contributed by atoms with Gasteiger partial charge in [0, 0.05) is 29.7 Å². The van der Waals surface area contributed by atoms with Crippen molar-refractivity contribution in [2.75, 3.05) is 19.6 Å². The van der Waals surface area contributed by atoms with Crippen LogP contribution in [0.1, 0.15) is 49.0 Å². The van der Waals surface area contributed by atoms with E-state index in [1.54, 1.807) is 0 Å². The Balaban J connectivity index is 1.43. The number of piperidine rings is 1. The number of nitriles is 1. The lowest BCUT2D eigenvalue weighted by Crippen LogP contribution is -2.35. The molecule has 30 heavy (non-hydrogen) atoms. The van der Waals surface area contributed by atoms with E-state index in [2.05, 4.69) is 30.6 Å². The Labute approximate surface area is 177 Å². The molecule has 6 heteroatoms. The molecule has 0 aromatic heterocycles. The largest absolute Gasteiger partial charge is 0.441 e. The van der Waals surface area contributed by atoms with Gasteiger partial charge in [-0.2, -0.15) is 5.26 Å². The number of carbonyl (C=O) groups excluding carboxylic acids is 1. The molecule has 0 bridgehead atoms. The van der Waals surface area contributed by atoms with Crippen LogP contribution in [0, 0.1) is 23.2 Å². The fraction of sp³-hybridized carbons (Fsp3) is 0.458. The normalized spacial score (nSPS) is 21.5. The third-order valence-corrected chi connectivity index (χ3v) is 5.98. The molecule has 2 heterocycles. The molecule has 1 saturated heterocycles. The number of nitrogens with one attached hydrogen (secondary N) is 2. The molecule has 0 radical (unpaired) electrons. The van der Waals surface area contributed by atoms with E-state index in [-0.39, 0.29) is 17.9 Å². The Morgan fingerprint density at radius 1 is 1.30 bits per heavy atom. The number of ether oxygens (including phenoxy) is 1. The van der Waals surface area contributed by atoms with Gasteiger partial charge in [-0.15, -0.1) is 0 Å². The molecule has 0 spiro atoms. The summed E-state index contributed by atoms with van der Waals surface area (Å²) >= 11 is 0. The number of allylic oxidation sites excluding steroid dienone is 2. The number of amides is 1. The van der Waals surface area contributed by atoms with Gasteiger partial charge in [-0.1, -0.05) is 13.8 Å². The van der Waals surface area contributed by atoms with Crippen molar-refractivity contribution >= 4 is 11.8 Å². The highest BCUT2D eigenvalue weighted by Crippen LogP contribution is 2.36. The first-order chi connectivity index (χ1) is 14.5. The first-order valence-corrected chi connectivity index (χ1v) is 10.7. The van der Waals surface area contributed by atoms with E-state index in [1.807, 2.05) is 30.3 Å². The van der Waals surface area contributed by atoms with Gasteiger partial charge in [0.15, 0.2) is 0 Å². The molecular formula is C24H28N4O2. The van der Waals surface area contributed by atoms with E-state index in [0.717, 1.165) is 54.9 Å². The summed E-state index contributed by atoms with van der Waals surface area (Å²) in [6.07, 6.45) is 4.72. The molecule has 1 aliphatic carbocycles. The van der Waals surface area contributed by atoms with Gasteiger partial charge in [-0.25, -0.2) is 4.99 Å². The lowest BCUT2D eigenvalue weighted by atomic mass is 9.89. The predicted molar refractivity (Wildman–Crippen MR) is 116 cm³/mol. The molecule has 1 fully saturated rings. The van der Waals surface area contributed by atoms with Crippen molar-refractivity contribution in [1.29, 1.82) is 5.26 Å². The summed E-state index contributed by atoms with van der Waals surface area (Å²) in [4.78, 5) is 17.2. The molecule has 2 aliphatic heterocycles. The maximum Gasteiger partial charge on any atom is 0.251 e. The van der Waals surface area contributed by atoms with E-state index < -0.39 is 0 Å². The Bertz CT molecular complexity index is 944. The summed E-state index contributed by atoms with van der Waals surface area (Å²) in [5, 5.41) is 15.7. The van der Waals surface area contributed by atoms with Crippen LogP contribution in [0.15, 0.2) is 52.2 Å². The quantitative estimate of drug-likeness (QED) is 0.788. The first kappa shape index (κ1) is 20.4. The number of nitrogens with zero attached hydrogens (tertiary/aromatic N) is 2. The molecule has 156 valence electrons. The fourth-order valence-corrected chi connectivity index (χ4v) is 4.17. The van der Waals surface area contributed by atoms with Crippen molar-refractivity contribution in [3.05, 3.63) is 58.4 Å². The molecule has 1 unspecified atom stereocenters. The Hall–Kier alpha value is -2.91. The summed E-state index contributed by atoms with van der Waals surface area (Å²) in [6.45, 7) is 6.96. The molecule has 3 aliphatic rings. The fourth-order valence-electron chi connectivity index (χ4n) is 4.17. The number of benzene rings is 1. The van der Waals surface area contributed by atoms with Crippen LogP contribution >= 0.6 is 0 Å². The molecule has 1 atom stereocenters.